The van der Waals surface area contributed by atoms with Crippen molar-refractivity contribution in [1.82, 2.24) is 29.6 Å². The number of aryl methyl sites for hydroxylation is 1. The fraction of sp³-hybridized carbons (Fsp3) is 0.208. The molecule has 8 heteroatoms. The van der Waals surface area contributed by atoms with Crippen molar-refractivity contribution in [3.8, 4) is 17.1 Å². The monoisotopic (exact) mass is 428 g/mol. The molecule has 162 valence electrons. The summed E-state index contributed by atoms with van der Waals surface area (Å²) < 4.78 is 1.78. The Kier molecular flexibility index (Phi) is 6.21. The van der Waals surface area contributed by atoms with Gasteiger partial charge in [-0.25, -0.2) is 9.67 Å². The summed E-state index contributed by atoms with van der Waals surface area (Å²) in [6.45, 7) is 2.24. The first kappa shape index (κ1) is 21.2. The Morgan fingerprint density at radius 3 is 2.59 bits per heavy atom. The Bertz CT molecular complexity index is 1260. The quantitative estimate of drug-likeness (QED) is 0.488. The summed E-state index contributed by atoms with van der Waals surface area (Å²) in [5.41, 5.74) is 3.62. The largest absolute Gasteiger partial charge is 0.341 e. The highest BCUT2D eigenvalue weighted by atomic mass is 16.2. The van der Waals surface area contributed by atoms with Gasteiger partial charge in [0.25, 0.3) is 5.56 Å². The molecule has 3 heterocycles. The summed E-state index contributed by atoms with van der Waals surface area (Å²) in [7, 11) is 1.75. The van der Waals surface area contributed by atoms with Gasteiger partial charge in [0, 0.05) is 61.0 Å². The number of para-hydroxylation sites is 1. The van der Waals surface area contributed by atoms with Gasteiger partial charge in [-0.05, 0) is 37.6 Å². The van der Waals surface area contributed by atoms with Crippen LogP contribution in [0.4, 0.5) is 0 Å². The second-order valence-corrected chi connectivity index (χ2v) is 7.59. The molecule has 0 aliphatic carbocycles. The third-order valence-corrected chi connectivity index (χ3v) is 5.27. The second kappa shape index (κ2) is 9.38. The zero-order chi connectivity index (χ0) is 22.5. The highest BCUT2D eigenvalue weighted by Crippen LogP contribution is 2.14. The molecule has 1 aromatic carbocycles. The van der Waals surface area contributed by atoms with Crippen LogP contribution in [0.1, 0.15) is 23.2 Å². The lowest BCUT2D eigenvalue weighted by atomic mass is 10.1. The highest BCUT2D eigenvalue weighted by Gasteiger charge is 2.15. The number of carbonyl (C=O) groups is 1. The predicted molar refractivity (Wildman–Crippen MR) is 121 cm³/mol. The van der Waals surface area contributed by atoms with Gasteiger partial charge < -0.3 is 9.88 Å². The number of carbonyl (C=O) groups excluding carboxylic acids is 1. The van der Waals surface area contributed by atoms with Gasteiger partial charge in [0.15, 0.2) is 0 Å². The first-order valence-corrected chi connectivity index (χ1v) is 10.3. The van der Waals surface area contributed by atoms with Crippen LogP contribution in [0, 0.1) is 6.92 Å². The molecule has 0 saturated carbocycles. The Hall–Kier alpha value is -4.07. The molecule has 0 aliphatic rings. The number of nitrogens with one attached hydrogen (secondary N) is 1. The molecule has 1 N–H and O–H groups in total. The van der Waals surface area contributed by atoms with Crippen molar-refractivity contribution in [2.45, 2.75) is 26.3 Å². The van der Waals surface area contributed by atoms with Crippen molar-refractivity contribution in [2.24, 2.45) is 0 Å². The van der Waals surface area contributed by atoms with Gasteiger partial charge in [-0.3, -0.25) is 14.6 Å². The van der Waals surface area contributed by atoms with E-state index in [9.17, 15) is 9.59 Å². The van der Waals surface area contributed by atoms with E-state index in [-0.39, 0.29) is 17.9 Å². The highest BCUT2D eigenvalue weighted by molar-refractivity contribution is 5.76. The molecular formula is C24H24N6O2. The van der Waals surface area contributed by atoms with Gasteiger partial charge in [-0.2, -0.15) is 5.10 Å². The van der Waals surface area contributed by atoms with E-state index in [0.29, 0.717) is 30.0 Å². The molecule has 4 aromatic rings. The van der Waals surface area contributed by atoms with Gasteiger partial charge in [0.05, 0.1) is 11.9 Å². The third-order valence-electron chi connectivity index (χ3n) is 5.27. The Morgan fingerprint density at radius 1 is 1.12 bits per heavy atom. The van der Waals surface area contributed by atoms with Gasteiger partial charge >= 0.3 is 0 Å². The van der Waals surface area contributed by atoms with Crippen LogP contribution in [0.25, 0.3) is 17.1 Å². The minimum atomic E-state index is -0.219. The van der Waals surface area contributed by atoms with Crippen molar-refractivity contribution in [3.05, 3.63) is 94.4 Å². The Labute approximate surface area is 185 Å². The van der Waals surface area contributed by atoms with E-state index in [1.54, 1.807) is 54.3 Å². The minimum Gasteiger partial charge on any atom is -0.341 e. The fourth-order valence-corrected chi connectivity index (χ4v) is 3.50. The number of aromatic nitrogens is 5. The van der Waals surface area contributed by atoms with E-state index < -0.39 is 0 Å². The molecule has 8 nitrogen and oxygen atoms in total. The van der Waals surface area contributed by atoms with E-state index in [1.807, 2.05) is 36.5 Å². The third kappa shape index (κ3) is 4.80. The Morgan fingerprint density at radius 2 is 1.88 bits per heavy atom. The summed E-state index contributed by atoms with van der Waals surface area (Å²) in [6, 6.07) is 13.4. The van der Waals surface area contributed by atoms with Crippen molar-refractivity contribution in [1.29, 1.82) is 0 Å². The van der Waals surface area contributed by atoms with Crippen LogP contribution in [0.5, 0.6) is 0 Å². The summed E-state index contributed by atoms with van der Waals surface area (Å²) in [4.78, 5) is 38.2. The van der Waals surface area contributed by atoms with Gasteiger partial charge in [-0.1, -0.05) is 18.2 Å². The predicted octanol–water partition coefficient (Wildman–Crippen LogP) is 2.92. The van der Waals surface area contributed by atoms with Crippen LogP contribution < -0.4 is 5.56 Å². The molecule has 0 radical (unpaired) electrons. The lowest BCUT2D eigenvalue weighted by molar-refractivity contribution is -0.130. The van der Waals surface area contributed by atoms with Crippen LogP contribution in [0.3, 0.4) is 0 Å². The van der Waals surface area contributed by atoms with Gasteiger partial charge in [0.2, 0.25) is 5.91 Å². The number of amides is 1. The van der Waals surface area contributed by atoms with Gasteiger partial charge in [-0.15, -0.1) is 0 Å². The maximum absolute atomic E-state index is 12.7. The maximum atomic E-state index is 12.7. The molecule has 0 fully saturated rings. The van der Waals surface area contributed by atoms with E-state index in [2.05, 4.69) is 20.1 Å². The first-order chi connectivity index (χ1) is 15.5. The van der Waals surface area contributed by atoms with E-state index in [0.717, 1.165) is 16.8 Å². The van der Waals surface area contributed by atoms with Crippen LogP contribution in [0.15, 0.2) is 72.0 Å². The number of hydrogen-bond acceptors (Lipinski definition) is 5. The molecule has 3 aromatic heterocycles. The van der Waals surface area contributed by atoms with Crippen molar-refractivity contribution in [2.75, 3.05) is 7.05 Å². The summed E-state index contributed by atoms with van der Waals surface area (Å²) in [5, 5.41) is 4.37. The minimum absolute atomic E-state index is 0.0468. The van der Waals surface area contributed by atoms with Gasteiger partial charge in [0.1, 0.15) is 5.82 Å². The van der Waals surface area contributed by atoms with E-state index >= 15 is 0 Å². The van der Waals surface area contributed by atoms with E-state index in [1.165, 1.54) is 0 Å². The number of H-pyrrole nitrogens is 1. The first-order valence-electron chi connectivity index (χ1n) is 10.3. The number of rotatable bonds is 7. The second-order valence-electron chi connectivity index (χ2n) is 7.59. The molecule has 0 aliphatic heterocycles. The number of nitrogens with zero attached hydrogens (tertiary/aromatic N) is 5. The summed E-state index contributed by atoms with van der Waals surface area (Å²) in [6.07, 6.45) is 7.52. The maximum Gasteiger partial charge on any atom is 0.254 e. The molecular weight excluding hydrogens is 404 g/mol. The molecule has 0 saturated heterocycles. The Balaban J connectivity index is 1.38. The van der Waals surface area contributed by atoms with E-state index in [4.69, 9.17) is 0 Å². The smallest absolute Gasteiger partial charge is 0.254 e. The van der Waals surface area contributed by atoms with Crippen LogP contribution >= 0.6 is 0 Å². The molecule has 4 rings (SSSR count). The number of aromatic amines is 1. The molecule has 0 spiro atoms. The standard InChI is InChI=1S/C24H24N6O2/c1-17-21(24(32)28-23(27-17)19-10-12-25-13-11-19)8-9-22(31)29(2)15-18-14-26-30(16-18)20-6-4-3-5-7-20/h3-7,10-14,16H,8-9,15H2,1-2H3,(H,27,28,32). The van der Waals surface area contributed by atoms with Crippen LogP contribution in [0.2, 0.25) is 0 Å². The number of pyridine rings is 1. The summed E-state index contributed by atoms with van der Waals surface area (Å²) >= 11 is 0. The fourth-order valence-electron chi connectivity index (χ4n) is 3.50. The van der Waals surface area contributed by atoms with Crippen molar-refractivity contribution >= 4 is 5.91 Å². The molecule has 0 bridgehead atoms. The van der Waals surface area contributed by atoms with Crippen LogP contribution in [-0.2, 0) is 17.8 Å². The number of hydrogen-bond donors (Lipinski definition) is 1. The normalized spacial score (nSPS) is 10.8. The molecule has 0 atom stereocenters. The number of benzene rings is 1. The average Bonchev–Trinajstić information content (AvgIpc) is 3.28. The average molecular weight is 428 g/mol. The zero-order valence-electron chi connectivity index (χ0n) is 18.0. The van der Waals surface area contributed by atoms with Crippen molar-refractivity contribution in [3.63, 3.8) is 0 Å². The molecule has 32 heavy (non-hydrogen) atoms. The van der Waals surface area contributed by atoms with Crippen LogP contribution in [-0.4, -0.2) is 42.6 Å². The lowest BCUT2D eigenvalue weighted by Crippen LogP contribution is -2.27. The topological polar surface area (TPSA) is 96.8 Å². The lowest BCUT2D eigenvalue weighted by Gasteiger charge is -2.16. The summed E-state index contributed by atoms with van der Waals surface area (Å²) in [5.74, 6) is 0.451. The SMILES string of the molecule is Cc1nc(-c2ccncc2)[nH]c(=O)c1CCC(=O)N(C)Cc1cnn(-c2ccccc2)c1. The molecule has 1 amide bonds. The molecule has 0 unspecified atom stereocenters. The zero-order valence-corrected chi connectivity index (χ0v) is 18.0. The van der Waals surface area contributed by atoms with Crippen molar-refractivity contribution < 1.29 is 4.79 Å².